The Kier molecular flexibility index (Phi) is 6.97. The van der Waals surface area contributed by atoms with E-state index in [0.29, 0.717) is 4.47 Å². The summed E-state index contributed by atoms with van der Waals surface area (Å²) in [4.78, 5) is 12.5. The first-order valence-electron chi connectivity index (χ1n) is 6.51. The number of anilines is 1. The molecule has 0 amide bonds. The summed E-state index contributed by atoms with van der Waals surface area (Å²) in [5.41, 5.74) is 0.230. The molecule has 22 heavy (non-hydrogen) atoms. The Labute approximate surface area is 149 Å². The van der Waals surface area contributed by atoms with E-state index in [4.69, 9.17) is 0 Å². The highest BCUT2D eigenvalue weighted by Crippen LogP contribution is 2.36. The van der Waals surface area contributed by atoms with Crippen molar-refractivity contribution in [2.75, 3.05) is 4.90 Å². The Morgan fingerprint density at radius 1 is 1.32 bits per heavy atom. The molecule has 1 aromatic rings. The number of nitrogens with zero attached hydrogens (tertiary/aromatic N) is 1. The van der Waals surface area contributed by atoms with Crippen LogP contribution in [0.1, 0.15) is 20.3 Å². The van der Waals surface area contributed by atoms with Gasteiger partial charge in [0.05, 0.1) is 0 Å². The van der Waals surface area contributed by atoms with Crippen LogP contribution >= 0.6 is 38.5 Å². The van der Waals surface area contributed by atoms with E-state index < -0.39 is 22.2 Å². The molecule has 0 fully saturated rings. The molecule has 1 unspecified atom stereocenters. The Hall–Kier alpha value is -0.510. The molecule has 0 aliphatic rings. The van der Waals surface area contributed by atoms with Gasteiger partial charge in [0.25, 0.3) is 0 Å². The fourth-order valence-electron chi connectivity index (χ4n) is 2.02. The number of hydrogen-bond donors (Lipinski definition) is 1. The second kappa shape index (κ2) is 7.85. The van der Waals surface area contributed by atoms with Crippen molar-refractivity contribution in [2.45, 2.75) is 36.5 Å². The molecule has 0 aliphatic carbocycles. The minimum absolute atomic E-state index is 0.0455. The van der Waals surface area contributed by atoms with E-state index in [1.54, 1.807) is 26.0 Å². The first kappa shape index (κ1) is 19.5. The van der Waals surface area contributed by atoms with E-state index in [9.17, 15) is 23.1 Å². The molecule has 0 heterocycles. The van der Waals surface area contributed by atoms with Crippen molar-refractivity contribution in [2.24, 2.45) is 5.92 Å². The van der Waals surface area contributed by atoms with Crippen LogP contribution in [0.25, 0.3) is 0 Å². The minimum Gasteiger partial charge on any atom is -0.480 e. The molecule has 0 aromatic heterocycles. The fraction of sp³-hybridized carbons (Fsp3) is 0.500. The molecule has 0 saturated heterocycles. The predicted octanol–water partition coefficient (Wildman–Crippen LogP) is 5.08. The van der Waals surface area contributed by atoms with E-state index in [0.717, 1.165) is 4.90 Å². The summed E-state index contributed by atoms with van der Waals surface area (Å²) < 4.78 is 38.3. The smallest absolute Gasteiger partial charge is 0.418 e. The topological polar surface area (TPSA) is 40.5 Å². The average Bonchev–Trinajstić information content (AvgIpc) is 2.38. The first-order valence-corrected chi connectivity index (χ1v) is 8.55. The lowest BCUT2D eigenvalue weighted by molar-refractivity contribution is -0.142. The lowest BCUT2D eigenvalue weighted by atomic mass is 10.0. The summed E-state index contributed by atoms with van der Waals surface area (Å²) in [6.07, 6.45) is -4.40. The molecule has 0 aliphatic heterocycles. The van der Waals surface area contributed by atoms with Gasteiger partial charge in [-0.15, -0.1) is 0 Å². The molecular formula is C14H16BrF3INO2. The van der Waals surface area contributed by atoms with Crippen molar-refractivity contribution < 1.29 is 23.1 Å². The monoisotopic (exact) mass is 493 g/mol. The van der Waals surface area contributed by atoms with Crippen LogP contribution in [-0.2, 0) is 4.79 Å². The van der Waals surface area contributed by atoms with Crippen LogP contribution in [-0.4, -0.2) is 27.3 Å². The van der Waals surface area contributed by atoms with Crippen molar-refractivity contribution in [1.29, 1.82) is 0 Å². The van der Waals surface area contributed by atoms with Gasteiger partial charge in [0.15, 0.2) is 4.05 Å². The third-order valence-electron chi connectivity index (χ3n) is 2.95. The Balaban J connectivity index is 3.30. The average molecular weight is 494 g/mol. The third-order valence-corrected chi connectivity index (χ3v) is 4.79. The van der Waals surface area contributed by atoms with Crippen molar-refractivity contribution in [1.82, 2.24) is 0 Å². The summed E-state index contributed by atoms with van der Waals surface area (Å²) in [5.74, 6) is -1.31. The van der Waals surface area contributed by atoms with Gasteiger partial charge in [-0.05, 0) is 59.2 Å². The molecular weight excluding hydrogens is 478 g/mol. The maximum atomic E-state index is 13.2. The van der Waals surface area contributed by atoms with Gasteiger partial charge >= 0.3 is 12.1 Å². The van der Waals surface area contributed by atoms with E-state index in [2.05, 4.69) is 15.9 Å². The van der Waals surface area contributed by atoms with Gasteiger partial charge in [-0.3, -0.25) is 0 Å². The van der Waals surface area contributed by atoms with Crippen LogP contribution < -0.4 is 4.90 Å². The number of halogens is 5. The fourth-order valence-corrected chi connectivity index (χ4v) is 2.99. The number of hydrogen-bond acceptors (Lipinski definition) is 2. The Morgan fingerprint density at radius 2 is 1.82 bits per heavy atom. The van der Waals surface area contributed by atoms with Crippen LogP contribution in [0.4, 0.5) is 18.9 Å². The number of carboxylic acids is 1. The highest BCUT2D eigenvalue weighted by atomic mass is 127. The third kappa shape index (κ3) is 5.29. The van der Waals surface area contributed by atoms with Crippen LogP contribution in [0.15, 0.2) is 28.7 Å². The van der Waals surface area contributed by atoms with E-state index in [-0.39, 0.29) is 18.0 Å². The van der Waals surface area contributed by atoms with Crippen LogP contribution in [0.5, 0.6) is 0 Å². The molecule has 0 saturated carbocycles. The van der Waals surface area contributed by atoms with Crippen molar-refractivity contribution in [3.8, 4) is 0 Å². The number of carbonyl (C=O) groups is 1. The summed E-state index contributed by atoms with van der Waals surface area (Å²) >= 11 is 4.46. The lowest BCUT2D eigenvalue weighted by Gasteiger charge is -2.36. The van der Waals surface area contributed by atoms with Crippen molar-refractivity contribution in [3.05, 3.63) is 28.7 Å². The number of rotatable bonds is 6. The summed E-state index contributed by atoms with van der Waals surface area (Å²) in [6.45, 7) is 3.57. The molecule has 2 atom stereocenters. The van der Waals surface area contributed by atoms with Gasteiger partial charge in [0, 0.05) is 10.2 Å². The van der Waals surface area contributed by atoms with Crippen LogP contribution in [0.3, 0.4) is 0 Å². The minimum atomic E-state index is -4.53. The highest BCUT2D eigenvalue weighted by Gasteiger charge is 2.46. The zero-order valence-electron chi connectivity index (χ0n) is 11.9. The summed E-state index contributed by atoms with van der Waals surface area (Å²) in [7, 11) is 0. The Bertz CT molecular complexity index is 508. The first-order chi connectivity index (χ1) is 10.0. The molecule has 0 bridgehead atoms. The molecule has 1 aromatic carbocycles. The van der Waals surface area contributed by atoms with Crippen molar-refractivity contribution >= 4 is 50.2 Å². The molecule has 3 nitrogen and oxygen atoms in total. The standard InChI is InChI=1S/C14H16BrF3INO2/c1-8(2)7-11(12(21)22)20(13(19)14(16,17)18)10-5-3-9(15)4-6-10/h3-6,8,11,13H,7H2,1-2H3,(H,21,22)/t11?,13-/m1/s1. The van der Waals surface area contributed by atoms with Crippen molar-refractivity contribution in [3.63, 3.8) is 0 Å². The molecule has 1 N–H and O–H groups in total. The van der Waals surface area contributed by atoms with Gasteiger partial charge in [-0.1, -0.05) is 29.8 Å². The summed E-state index contributed by atoms with van der Waals surface area (Å²) in [5, 5.41) is 9.40. The molecule has 124 valence electrons. The SMILES string of the molecule is CC(C)CC(C(=O)O)N(c1ccc(Br)cc1)[C@@H](I)C(F)(F)F. The largest absolute Gasteiger partial charge is 0.480 e. The number of carboxylic acid groups (broad SMARTS) is 1. The van der Waals surface area contributed by atoms with Gasteiger partial charge in [-0.25, -0.2) is 4.79 Å². The molecule has 1 rings (SSSR count). The van der Waals surface area contributed by atoms with Crippen LogP contribution in [0.2, 0.25) is 0 Å². The van der Waals surface area contributed by atoms with Gasteiger partial charge in [0.2, 0.25) is 0 Å². The quantitative estimate of drug-likeness (QED) is 0.341. The maximum absolute atomic E-state index is 13.2. The second-order valence-electron chi connectivity index (χ2n) is 5.24. The summed E-state index contributed by atoms with van der Waals surface area (Å²) in [6, 6.07) is 4.91. The number of alkyl halides is 4. The maximum Gasteiger partial charge on any atom is 0.418 e. The molecule has 8 heteroatoms. The van der Waals surface area contributed by atoms with Gasteiger partial charge in [-0.2, -0.15) is 13.2 Å². The molecule has 0 radical (unpaired) electrons. The lowest BCUT2D eigenvalue weighted by Crippen LogP contribution is -2.51. The Morgan fingerprint density at radius 3 is 2.18 bits per heavy atom. The predicted molar refractivity (Wildman–Crippen MR) is 91.4 cm³/mol. The van der Waals surface area contributed by atoms with Crippen LogP contribution in [0, 0.1) is 5.92 Å². The number of aliphatic carboxylic acids is 1. The highest BCUT2D eigenvalue weighted by molar-refractivity contribution is 14.1. The van der Waals surface area contributed by atoms with E-state index in [1.165, 1.54) is 34.7 Å². The zero-order valence-corrected chi connectivity index (χ0v) is 15.7. The number of benzene rings is 1. The van der Waals surface area contributed by atoms with Gasteiger partial charge < -0.3 is 10.0 Å². The van der Waals surface area contributed by atoms with Gasteiger partial charge in [0.1, 0.15) is 6.04 Å². The second-order valence-corrected chi connectivity index (χ2v) is 7.34. The zero-order chi connectivity index (χ0) is 17.1. The molecule has 0 spiro atoms. The normalized spacial score (nSPS) is 14.7. The van der Waals surface area contributed by atoms with E-state index in [1.807, 2.05) is 0 Å². The van der Waals surface area contributed by atoms with E-state index >= 15 is 0 Å².